The van der Waals surface area contributed by atoms with Crippen LogP contribution in [0.3, 0.4) is 0 Å². The van der Waals surface area contributed by atoms with E-state index in [1.165, 1.54) is 6.20 Å². The van der Waals surface area contributed by atoms with Crippen molar-refractivity contribution in [2.45, 2.75) is 18.4 Å². The molecule has 5 N–H and O–H groups in total. The second-order valence-corrected chi connectivity index (χ2v) is 4.73. The molecule has 1 aromatic heterocycles. The third-order valence-corrected chi connectivity index (χ3v) is 2.80. The highest BCUT2D eigenvalue weighted by atomic mass is 32.2. The van der Waals surface area contributed by atoms with Crippen LogP contribution in [0.2, 0.25) is 0 Å². The Kier molecular flexibility index (Phi) is 3.61. The molecule has 0 spiro atoms. The van der Waals surface area contributed by atoms with Crippen molar-refractivity contribution in [3.63, 3.8) is 0 Å². The molecule has 1 aromatic rings. The van der Waals surface area contributed by atoms with Gasteiger partial charge in [0.25, 0.3) is 10.0 Å². The number of hydrazine groups is 1. The zero-order valence-corrected chi connectivity index (χ0v) is 9.58. The van der Waals surface area contributed by atoms with Crippen LogP contribution in [0.4, 0.5) is 0 Å². The Morgan fingerprint density at radius 3 is 2.87 bits per heavy atom. The minimum Gasteiger partial charge on any atom is -0.375 e. The first-order chi connectivity index (χ1) is 6.95. The van der Waals surface area contributed by atoms with Crippen LogP contribution in [0.5, 0.6) is 0 Å². The molecule has 1 heterocycles. The summed E-state index contributed by atoms with van der Waals surface area (Å²) >= 11 is 4.46. The minimum absolute atomic E-state index is 0.0388. The van der Waals surface area contributed by atoms with E-state index in [1.54, 1.807) is 0 Å². The lowest BCUT2D eigenvalue weighted by Gasteiger charge is -2.04. The number of sulfonamides is 1. The number of aryl methyl sites for hydroxylation is 1. The SMILES string of the molecule is CCc1ncc(S(=O)(=O)NNC(N)=S)[nH]1. The summed E-state index contributed by atoms with van der Waals surface area (Å²) in [4.78, 5) is 8.50. The van der Waals surface area contributed by atoms with Crippen LogP contribution in [0.15, 0.2) is 11.2 Å². The average Bonchev–Trinajstić information content (AvgIpc) is 2.63. The molecule has 9 heteroatoms. The van der Waals surface area contributed by atoms with Gasteiger partial charge >= 0.3 is 0 Å². The molecule has 15 heavy (non-hydrogen) atoms. The van der Waals surface area contributed by atoms with Crippen LogP contribution < -0.4 is 16.0 Å². The molecule has 0 amide bonds. The Hall–Kier alpha value is -1.19. The molecule has 0 aliphatic heterocycles. The first-order valence-corrected chi connectivity index (χ1v) is 5.96. The van der Waals surface area contributed by atoms with E-state index in [0.29, 0.717) is 12.2 Å². The van der Waals surface area contributed by atoms with Crippen molar-refractivity contribution < 1.29 is 8.42 Å². The van der Waals surface area contributed by atoms with Gasteiger partial charge in [0.1, 0.15) is 5.82 Å². The molecule has 0 aliphatic carbocycles. The summed E-state index contributed by atoms with van der Waals surface area (Å²) in [5.74, 6) is 0.589. The van der Waals surface area contributed by atoms with Crippen molar-refractivity contribution in [2.75, 3.05) is 0 Å². The van der Waals surface area contributed by atoms with Gasteiger partial charge in [-0.15, -0.1) is 4.83 Å². The number of aromatic amines is 1. The van der Waals surface area contributed by atoms with Crippen molar-refractivity contribution in [2.24, 2.45) is 5.73 Å². The Bertz CT molecular complexity index is 452. The van der Waals surface area contributed by atoms with Crippen LogP contribution in [0, 0.1) is 0 Å². The van der Waals surface area contributed by atoms with Crippen molar-refractivity contribution >= 4 is 27.4 Å². The number of nitrogens with two attached hydrogens (primary N) is 1. The number of nitrogens with one attached hydrogen (secondary N) is 3. The van der Waals surface area contributed by atoms with E-state index in [4.69, 9.17) is 5.73 Å². The highest BCUT2D eigenvalue weighted by Gasteiger charge is 2.16. The van der Waals surface area contributed by atoms with Gasteiger partial charge in [0, 0.05) is 6.42 Å². The first-order valence-electron chi connectivity index (χ1n) is 4.07. The van der Waals surface area contributed by atoms with Crippen molar-refractivity contribution in [1.29, 1.82) is 0 Å². The van der Waals surface area contributed by atoms with Gasteiger partial charge in [-0.25, -0.2) is 13.4 Å². The monoisotopic (exact) mass is 249 g/mol. The Labute approximate surface area is 92.5 Å². The van der Waals surface area contributed by atoms with Gasteiger partial charge in [-0.1, -0.05) is 6.92 Å². The average molecular weight is 249 g/mol. The van der Waals surface area contributed by atoms with Crippen LogP contribution in [0.25, 0.3) is 0 Å². The number of hydrogen-bond acceptors (Lipinski definition) is 4. The van der Waals surface area contributed by atoms with Gasteiger partial charge in [-0.05, 0) is 12.2 Å². The molecule has 0 bridgehead atoms. The summed E-state index contributed by atoms with van der Waals surface area (Å²) in [6, 6.07) is 0. The second-order valence-electron chi connectivity index (χ2n) is 2.64. The lowest BCUT2D eigenvalue weighted by molar-refractivity contribution is 0.574. The normalized spacial score (nSPS) is 11.3. The van der Waals surface area contributed by atoms with Crippen molar-refractivity contribution in [3.05, 3.63) is 12.0 Å². The minimum atomic E-state index is -3.69. The number of aromatic nitrogens is 2. The molecule has 84 valence electrons. The largest absolute Gasteiger partial charge is 0.375 e. The van der Waals surface area contributed by atoms with Crippen LogP contribution in [-0.4, -0.2) is 23.5 Å². The van der Waals surface area contributed by atoms with E-state index < -0.39 is 10.0 Å². The van der Waals surface area contributed by atoms with Gasteiger partial charge in [0.15, 0.2) is 10.1 Å². The molecule has 0 radical (unpaired) electrons. The molecule has 0 saturated carbocycles. The predicted molar refractivity (Wildman–Crippen MR) is 58.2 cm³/mol. The molecule has 7 nitrogen and oxygen atoms in total. The van der Waals surface area contributed by atoms with Crippen LogP contribution in [-0.2, 0) is 16.4 Å². The van der Waals surface area contributed by atoms with E-state index >= 15 is 0 Å². The maximum absolute atomic E-state index is 11.5. The van der Waals surface area contributed by atoms with Crippen LogP contribution in [0.1, 0.15) is 12.7 Å². The molecular formula is C6H11N5O2S2. The zero-order valence-electron chi connectivity index (χ0n) is 7.94. The Morgan fingerprint density at radius 1 is 1.73 bits per heavy atom. The van der Waals surface area contributed by atoms with Gasteiger partial charge < -0.3 is 10.7 Å². The number of nitrogens with zero attached hydrogens (tertiary/aromatic N) is 1. The lowest BCUT2D eigenvalue weighted by Crippen LogP contribution is -2.44. The summed E-state index contributed by atoms with van der Waals surface area (Å²) in [5, 5.41) is -0.197. The number of thiocarbonyl (C=S) groups is 1. The number of hydrogen-bond donors (Lipinski definition) is 4. The van der Waals surface area contributed by atoms with Crippen molar-refractivity contribution in [1.82, 2.24) is 20.2 Å². The molecule has 0 aliphatic rings. The number of imidazole rings is 1. The van der Waals surface area contributed by atoms with E-state index in [0.717, 1.165) is 0 Å². The van der Waals surface area contributed by atoms with E-state index in [-0.39, 0.29) is 10.1 Å². The topological polar surface area (TPSA) is 113 Å². The molecule has 0 atom stereocenters. The standard InChI is InChI=1S/C6H11N5O2S2/c1-2-4-8-3-5(9-4)15(12,13)11-10-6(7)14/h3,11H,2H2,1H3,(H,8,9)(H3,7,10,14). The first kappa shape index (κ1) is 11.9. The third kappa shape index (κ3) is 3.15. The third-order valence-electron chi connectivity index (χ3n) is 1.54. The zero-order chi connectivity index (χ0) is 11.5. The van der Waals surface area contributed by atoms with Gasteiger partial charge in [0.2, 0.25) is 0 Å². The highest BCUT2D eigenvalue weighted by molar-refractivity contribution is 7.89. The molecule has 0 fully saturated rings. The quantitative estimate of drug-likeness (QED) is 0.402. The van der Waals surface area contributed by atoms with Gasteiger partial charge in [0.05, 0.1) is 6.20 Å². The number of rotatable bonds is 4. The summed E-state index contributed by atoms with van der Waals surface area (Å²) in [5.41, 5.74) is 7.21. The van der Waals surface area contributed by atoms with Gasteiger partial charge in [-0.2, -0.15) is 0 Å². The Morgan fingerprint density at radius 2 is 2.40 bits per heavy atom. The molecule has 0 unspecified atom stereocenters. The van der Waals surface area contributed by atoms with Crippen LogP contribution >= 0.6 is 12.2 Å². The fourth-order valence-corrected chi connectivity index (χ4v) is 1.75. The smallest absolute Gasteiger partial charge is 0.274 e. The fourth-order valence-electron chi connectivity index (χ4n) is 0.832. The fraction of sp³-hybridized carbons (Fsp3) is 0.333. The summed E-state index contributed by atoms with van der Waals surface area (Å²) in [6.07, 6.45) is 1.85. The molecule has 0 saturated heterocycles. The maximum atomic E-state index is 11.5. The van der Waals surface area contributed by atoms with E-state index in [2.05, 4.69) is 27.6 Å². The van der Waals surface area contributed by atoms with Gasteiger partial charge in [-0.3, -0.25) is 5.43 Å². The highest BCUT2D eigenvalue weighted by Crippen LogP contribution is 2.04. The summed E-state index contributed by atoms with van der Waals surface area (Å²) in [7, 11) is -3.69. The lowest BCUT2D eigenvalue weighted by atomic mass is 10.5. The predicted octanol–water partition coefficient (Wildman–Crippen LogP) is -1.00. The second kappa shape index (κ2) is 4.55. The van der Waals surface area contributed by atoms with E-state index in [9.17, 15) is 8.42 Å². The maximum Gasteiger partial charge on any atom is 0.274 e. The summed E-state index contributed by atoms with van der Waals surface area (Å²) in [6.45, 7) is 1.86. The Balaban J connectivity index is 2.81. The summed E-state index contributed by atoms with van der Waals surface area (Å²) < 4.78 is 23.0. The molecular weight excluding hydrogens is 238 g/mol. The molecule has 1 rings (SSSR count). The molecule has 0 aromatic carbocycles. The van der Waals surface area contributed by atoms with Crippen molar-refractivity contribution in [3.8, 4) is 0 Å². The van der Waals surface area contributed by atoms with E-state index in [1.807, 2.05) is 11.8 Å². The number of H-pyrrole nitrogens is 1.